The van der Waals surface area contributed by atoms with Crippen molar-refractivity contribution in [3.8, 4) is 0 Å². The summed E-state index contributed by atoms with van der Waals surface area (Å²) in [6.07, 6.45) is 3.45. The molecule has 1 saturated carbocycles. The van der Waals surface area contributed by atoms with E-state index in [2.05, 4.69) is 24.1 Å². The number of amides is 1. The van der Waals surface area contributed by atoms with Crippen LogP contribution in [0.25, 0.3) is 0 Å². The number of thiazole rings is 1. The van der Waals surface area contributed by atoms with Gasteiger partial charge in [-0.25, -0.2) is 4.98 Å². The molecule has 0 spiro atoms. The van der Waals surface area contributed by atoms with Crippen LogP contribution in [0.4, 0.5) is 5.13 Å². The van der Waals surface area contributed by atoms with Gasteiger partial charge in [-0.1, -0.05) is 25.2 Å². The number of carbonyl (C=O) groups is 1. The van der Waals surface area contributed by atoms with Crippen LogP contribution in [0.3, 0.4) is 0 Å². The van der Waals surface area contributed by atoms with Gasteiger partial charge in [-0.3, -0.25) is 4.79 Å². The van der Waals surface area contributed by atoms with Crippen molar-refractivity contribution in [3.05, 3.63) is 10.6 Å². The molecular formula is C13H21N3OS. The maximum absolute atomic E-state index is 12.2. The zero-order chi connectivity index (χ0) is 13.3. The summed E-state index contributed by atoms with van der Waals surface area (Å²) in [6, 6.07) is 0.288. The van der Waals surface area contributed by atoms with Crippen LogP contribution in [-0.4, -0.2) is 16.9 Å². The second kappa shape index (κ2) is 5.26. The molecule has 3 atom stereocenters. The van der Waals surface area contributed by atoms with E-state index in [1.54, 1.807) is 0 Å². The van der Waals surface area contributed by atoms with E-state index in [0.29, 0.717) is 15.9 Å². The highest BCUT2D eigenvalue weighted by atomic mass is 32.1. The Balaban J connectivity index is 2.01. The lowest BCUT2D eigenvalue weighted by Gasteiger charge is -2.33. The van der Waals surface area contributed by atoms with Crippen LogP contribution in [0.5, 0.6) is 0 Å². The van der Waals surface area contributed by atoms with Crippen LogP contribution in [0.2, 0.25) is 0 Å². The molecule has 0 saturated heterocycles. The van der Waals surface area contributed by atoms with E-state index in [1.165, 1.54) is 24.2 Å². The summed E-state index contributed by atoms with van der Waals surface area (Å²) in [5.74, 6) is 1.30. The number of nitrogens with zero attached hydrogens (tertiary/aromatic N) is 1. The van der Waals surface area contributed by atoms with Crippen LogP contribution < -0.4 is 11.1 Å². The molecule has 4 nitrogen and oxygen atoms in total. The molecular weight excluding hydrogens is 246 g/mol. The van der Waals surface area contributed by atoms with Crippen molar-refractivity contribution in [3.63, 3.8) is 0 Å². The van der Waals surface area contributed by atoms with Crippen molar-refractivity contribution in [1.29, 1.82) is 0 Å². The molecule has 0 radical (unpaired) electrons. The lowest BCUT2D eigenvalue weighted by atomic mass is 9.80. The second-order valence-corrected chi connectivity index (χ2v) is 6.47. The van der Waals surface area contributed by atoms with Crippen molar-refractivity contribution in [2.24, 2.45) is 11.8 Å². The van der Waals surface area contributed by atoms with E-state index in [1.807, 2.05) is 6.92 Å². The number of nitrogens with one attached hydrogen (secondary N) is 1. The van der Waals surface area contributed by atoms with Crippen molar-refractivity contribution in [2.75, 3.05) is 5.73 Å². The quantitative estimate of drug-likeness (QED) is 0.865. The van der Waals surface area contributed by atoms with Gasteiger partial charge in [0, 0.05) is 6.04 Å². The Morgan fingerprint density at radius 1 is 1.44 bits per heavy atom. The van der Waals surface area contributed by atoms with Gasteiger partial charge in [0.2, 0.25) is 0 Å². The van der Waals surface area contributed by atoms with Gasteiger partial charge >= 0.3 is 0 Å². The van der Waals surface area contributed by atoms with Crippen molar-refractivity contribution >= 4 is 22.4 Å². The summed E-state index contributed by atoms with van der Waals surface area (Å²) in [7, 11) is 0. The third-order valence-electron chi connectivity index (χ3n) is 3.77. The van der Waals surface area contributed by atoms with E-state index < -0.39 is 0 Å². The van der Waals surface area contributed by atoms with E-state index in [9.17, 15) is 4.79 Å². The summed E-state index contributed by atoms with van der Waals surface area (Å²) in [4.78, 5) is 16.9. The summed E-state index contributed by atoms with van der Waals surface area (Å²) in [5.41, 5.74) is 6.35. The van der Waals surface area contributed by atoms with Gasteiger partial charge in [0.05, 0.1) is 5.69 Å². The number of aryl methyl sites for hydroxylation is 1. The molecule has 1 heterocycles. The highest BCUT2D eigenvalue weighted by Crippen LogP contribution is 2.29. The van der Waals surface area contributed by atoms with Crippen LogP contribution in [0, 0.1) is 18.8 Å². The fourth-order valence-electron chi connectivity index (χ4n) is 2.74. The number of rotatable bonds is 2. The predicted octanol–water partition coefficient (Wildman–Crippen LogP) is 2.59. The van der Waals surface area contributed by atoms with Gasteiger partial charge < -0.3 is 11.1 Å². The number of carbonyl (C=O) groups excluding carboxylic acids is 1. The lowest BCUT2D eigenvalue weighted by molar-refractivity contribution is 0.0903. The fourth-order valence-corrected chi connectivity index (χ4v) is 3.48. The van der Waals surface area contributed by atoms with Gasteiger partial charge in [0.1, 0.15) is 4.88 Å². The largest absolute Gasteiger partial charge is 0.375 e. The minimum atomic E-state index is -0.0203. The molecule has 1 aromatic rings. The van der Waals surface area contributed by atoms with Crippen molar-refractivity contribution in [1.82, 2.24) is 10.3 Å². The number of nitrogens with two attached hydrogens (primary N) is 1. The first-order valence-electron chi connectivity index (χ1n) is 6.51. The standard InChI is InChI=1S/C13H21N3OS/c1-7-4-5-10(8(2)6-7)16-12(17)11-9(3)15-13(14)18-11/h7-8,10H,4-6H2,1-3H3,(H2,14,15)(H,16,17). The molecule has 1 aromatic heterocycles. The maximum Gasteiger partial charge on any atom is 0.263 e. The third-order valence-corrected chi connectivity index (χ3v) is 4.75. The number of aromatic nitrogens is 1. The first kappa shape index (κ1) is 13.3. The minimum Gasteiger partial charge on any atom is -0.375 e. The van der Waals surface area contributed by atoms with Crippen molar-refractivity contribution < 1.29 is 4.79 Å². The van der Waals surface area contributed by atoms with E-state index in [-0.39, 0.29) is 11.9 Å². The van der Waals surface area contributed by atoms with Crippen molar-refractivity contribution in [2.45, 2.75) is 46.1 Å². The van der Waals surface area contributed by atoms with E-state index in [0.717, 1.165) is 18.0 Å². The van der Waals surface area contributed by atoms with Gasteiger partial charge in [-0.05, 0) is 38.0 Å². The molecule has 1 aliphatic rings. The molecule has 0 aromatic carbocycles. The number of hydrogen-bond acceptors (Lipinski definition) is 4. The summed E-state index contributed by atoms with van der Waals surface area (Å²) in [5, 5.41) is 3.60. The molecule has 0 aliphatic heterocycles. The fraction of sp³-hybridized carbons (Fsp3) is 0.692. The first-order valence-corrected chi connectivity index (χ1v) is 7.32. The van der Waals surface area contributed by atoms with Crippen LogP contribution in [0.1, 0.15) is 48.5 Å². The maximum atomic E-state index is 12.2. The number of nitrogen functional groups attached to an aromatic ring is 1. The lowest BCUT2D eigenvalue weighted by Crippen LogP contribution is -2.42. The molecule has 18 heavy (non-hydrogen) atoms. The Labute approximate surface area is 112 Å². The average Bonchev–Trinajstić information content (AvgIpc) is 2.62. The Hall–Kier alpha value is -1.10. The Morgan fingerprint density at radius 3 is 2.72 bits per heavy atom. The summed E-state index contributed by atoms with van der Waals surface area (Å²) in [6.45, 7) is 6.32. The highest BCUT2D eigenvalue weighted by molar-refractivity contribution is 7.17. The zero-order valence-electron chi connectivity index (χ0n) is 11.2. The second-order valence-electron chi connectivity index (χ2n) is 5.44. The van der Waals surface area contributed by atoms with Crippen LogP contribution in [0.15, 0.2) is 0 Å². The van der Waals surface area contributed by atoms with Gasteiger partial charge in [-0.15, -0.1) is 0 Å². The SMILES string of the molecule is Cc1nc(N)sc1C(=O)NC1CCC(C)CC1C. The molecule has 1 aliphatic carbocycles. The summed E-state index contributed by atoms with van der Waals surface area (Å²) < 4.78 is 0. The first-order chi connectivity index (χ1) is 8.47. The molecule has 0 bridgehead atoms. The Bertz CT molecular complexity index is 443. The minimum absolute atomic E-state index is 0.0203. The highest BCUT2D eigenvalue weighted by Gasteiger charge is 2.27. The van der Waals surface area contributed by atoms with Crippen LogP contribution >= 0.6 is 11.3 Å². The molecule has 3 N–H and O–H groups in total. The molecule has 1 amide bonds. The van der Waals surface area contributed by atoms with Crippen LogP contribution in [-0.2, 0) is 0 Å². The normalized spacial score (nSPS) is 28.1. The van der Waals surface area contributed by atoms with Gasteiger partial charge in [-0.2, -0.15) is 0 Å². The third kappa shape index (κ3) is 2.83. The summed E-state index contributed by atoms with van der Waals surface area (Å²) >= 11 is 1.27. The van der Waals surface area contributed by atoms with E-state index >= 15 is 0 Å². The average molecular weight is 267 g/mol. The Kier molecular flexibility index (Phi) is 3.90. The monoisotopic (exact) mass is 267 g/mol. The zero-order valence-corrected chi connectivity index (χ0v) is 12.0. The number of anilines is 1. The molecule has 2 rings (SSSR count). The molecule has 100 valence electrons. The molecule has 3 unspecified atom stereocenters. The van der Waals surface area contributed by atoms with Gasteiger partial charge in [0.25, 0.3) is 5.91 Å². The number of hydrogen-bond donors (Lipinski definition) is 2. The van der Waals surface area contributed by atoms with E-state index in [4.69, 9.17) is 5.73 Å². The molecule has 5 heteroatoms. The van der Waals surface area contributed by atoms with Gasteiger partial charge in [0.15, 0.2) is 5.13 Å². The Morgan fingerprint density at radius 2 is 2.17 bits per heavy atom. The smallest absolute Gasteiger partial charge is 0.263 e. The molecule has 1 fully saturated rings. The predicted molar refractivity (Wildman–Crippen MR) is 74.7 cm³/mol. The topological polar surface area (TPSA) is 68.0 Å².